The molecule has 0 aliphatic carbocycles. The van der Waals surface area contributed by atoms with Crippen LogP contribution in [0.5, 0.6) is 0 Å². The van der Waals surface area contributed by atoms with Crippen LogP contribution in [0.3, 0.4) is 0 Å². The summed E-state index contributed by atoms with van der Waals surface area (Å²) in [5, 5.41) is 0. The van der Waals surface area contributed by atoms with Crippen LogP contribution >= 0.6 is 0 Å². The first-order valence-corrected chi connectivity index (χ1v) is 4.44. The fourth-order valence-electron chi connectivity index (χ4n) is 0.710. The van der Waals surface area contributed by atoms with Crippen LogP contribution in [-0.4, -0.2) is 25.1 Å². The van der Waals surface area contributed by atoms with Crippen molar-refractivity contribution < 1.29 is 19.1 Å². The average Bonchev–Trinajstić information content (AvgIpc) is 2.12. The second kappa shape index (κ2) is 7.75. The second-order valence-electron chi connectivity index (χ2n) is 2.68. The van der Waals surface area contributed by atoms with Crippen molar-refractivity contribution in [2.75, 3.05) is 13.2 Å². The number of ether oxygens (including phenoxy) is 2. The van der Waals surface area contributed by atoms with Gasteiger partial charge in [0, 0.05) is 19.5 Å². The molecule has 0 saturated heterocycles. The van der Waals surface area contributed by atoms with Gasteiger partial charge in [-0.2, -0.15) is 0 Å². The standard InChI is InChI=1S/C10H15NO4/c1-8(5-6-11)15-10(13)4-3-7-14-9(2)12/h3-5H,6-7,11H2,1-2H3/b4-3+,8-5+. The Bertz CT molecular complexity index is 281. The lowest BCUT2D eigenvalue weighted by Gasteiger charge is -1.99. The second-order valence-corrected chi connectivity index (χ2v) is 2.68. The molecule has 0 aromatic heterocycles. The number of carbonyl (C=O) groups is 2. The number of rotatable bonds is 5. The highest BCUT2D eigenvalue weighted by Gasteiger charge is 1.97. The Morgan fingerprint density at radius 3 is 2.53 bits per heavy atom. The van der Waals surface area contributed by atoms with E-state index in [4.69, 9.17) is 10.5 Å². The summed E-state index contributed by atoms with van der Waals surface area (Å²) in [6.07, 6.45) is 4.17. The lowest BCUT2D eigenvalue weighted by Crippen LogP contribution is -2.03. The molecule has 0 radical (unpaired) electrons. The van der Waals surface area contributed by atoms with Crippen LogP contribution < -0.4 is 5.73 Å². The van der Waals surface area contributed by atoms with Crippen LogP contribution in [0.1, 0.15) is 13.8 Å². The predicted octanol–water partition coefficient (Wildman–Crippen LogP) is 0.511. The lowest BCUT2D eigenvalue weighted by atomic mass is 10.4. The topological polar surface area (TPSA) is 78.6 Å². The molecule has 0 atom stereocenters. The molecule has 5 nitrogen and oxygen atoms in total. The summed E-state index contributed by atoms with van der Waals surface area (Å²) in [6.45, 7) is 3.30. The zero-order chi connectivity index (χ0) is 11.7. The zero-order valence-corrected chi connectivity index (χ0v) is 8.86. The summed E-state index contributed by atoms with van der Waals surface area (Å²) >= 11 is 0. The van der Waals surface area contributed by atoms with Gasteiger partial charge in [0.15, 0.2) is 0 Å². The molecule has 5 heteroatoms. The van der Waals surface area contributed by atoms with E-state index < -0.39 is 11.9 Å². The van der Waals surface area contributed by atoms with Crippen LogP contribution in [0.2, 0.25) is 0 Å². The minimum Gasteiger partial charge on any atom is -0.462 e. The molecule has 0 unspecified atom stereocenters. The van der Waals surface area contributed by atoms with E-state index in [2.05, 4.69) is 4.74 Å². The predicted molar refractivity (Wildman–Crippen MR) is 54.7 cm³/mol. The first-order chi connectivity index (χ1) is 7.06. The van der Waals surface area contributed by atoms with Crippen molar-refractivity contribution in [1.29, 1.82) is 0 Å². The molecule has 2 N–H and O–H groups in total. The quantitative estimate of drug-likeness (QED) is 0.409. The Hall–Kier alpha value is -1.62. The zero-order valence-electron chi connectivity index (χ0n) is 8.86. The van der Waals surface area contributed by atoms with Crippen LogP contribution in [0.25, 0.3) is 0 Å². The van der Waals surface area contributed by atoms with Crippen molar-refractivity contribution in [2.45, 2.75) is 13.8 Å². The van der Waals surface area contributed by atoms with E-state index in [1.165, 1.54) is 19.1 Å². The van der Waals surface area contributed by atoms with Crippen molar-refractivity contribution >= 4 is 11.9 Å². The highest BCUT2D eigenvalue weighted by molar-refractivity contribution is 5.82. The molecule has 0 aromatic carbocycles. The van der Waals surface area contributed by atoms with Crippen LogP contribution in [0, 0.1) is 0 Å². The molecule has 0 aliphatic heterocycles. The largest absolute Gasteiger partial charge is 0.462 e. The lowest BCUT2D eigenvalue weighted by molar-refractivity contribution is -0.140. The highest BCUT2D eigenvalue weighted by Crippen LogP contribution is 1.95. The fourth-order valence-corrected chi connectivity index (χ4v) is 0.710. The maximum Gasteiger partial charge on any atom is 0.335 e. The number of hydrogen-bond donors (Lipinski definition) is 1. The monoisotopic (exact) mass is 213 g/mol. The van der Waals surface area contributed by atoms with E-state index >= 15 is 0 Å². The minimum absolute atomic E-state index is 0.0596. The summed E-state index contributed by atoms with van der Waals surface area (Å²) in [4.78, 5) is 21.4. The molecule has 0 saturated carbocycles. The van der Waals surface area contributed by atoms with Crippen LogP contribution in [0.15, 0.2) is 24.0 Å². The van der Waals surface area contributed by atoms with Gasteiger partial charge in [0.05, 0.1) is 0 Å². The molecule has 0 aromatic rings. The summed E-state index contributed by atoms with van der Waals surface area (Å²) in [5.41, 5.74) is 5.22. The Balaban J connectivity index is 3.83. The molecule has 0 aliphatic rings. The third-order valence-corrected chi connectivity index (χ3v) is 1.30. The van der Waals surface area contributed by atoms with Gasteiger partial charge in [-0.3, -0.25) is 4.79 Å². The van der Waals surface area contributed by atoms with Gasteiger partial charge >= 0.3 is 11.9 Å². The van der Waals surface area contributed by atoms with Crippen LogP contribution in [-0.2, 0) is 19.1 Å². The number of hydrogen-bond acceptors (Lipinski definition) is 5. The van der Waals surface area contributed by atoms with Gasteiger partial charge < -0.3 is 15.2 Å². The van der Waals surface area contributed by atoms with Gasteiger partial charge in [-0.05, 0) is 19.1 Å². The van der Waals surface area contributed by atoms with E-state index in [-0.39, 0.29) is 6.61 Å². The third-order valence-electron chi connectivity index (χ3n) is 1.30. The van der Waals surface area contributed by atoms with Crippen molar-refractivity contribution in [2.24, 2.45) is 5.73 Å². The first kappa shape index (κ1) is 13.4. The van der Waals surface area contributed by atoms with Gasteiger partial charge in [0.25, 0.3) is 0 Å². The fraction of sp³-hybridized carbons (Fsp3) is 0.400. The van der Waals surface area contributed by atoms with Gasteiger partial charge in [0.2, 0.25) is 0 Å². The van der Waals surface area contributed by atoms with Gasteiger partial charge in [-0.1, -0.05) is 0 Å². The van der Waals surface area contributed by atoms with Crippen molar-refractivity contribution in [3.05, 3.63) is 24.0 Å². The molecule has 0 rings (SSSR count). The number of esters is 2. The van der Waals surface area contributed by atoms with E-state index in [1.54, 1.807) is 13.0 Å². The molecular formula is C10H15NO4. The average molecular weight is 213 g/mol. The molecule has 84 valence electrons. The first-order valence-electron chi connectivity index (χ1n) is 4.44. The minimum atomic E-state index is -0.524. The Labute approximate surface area is 88.5 Å². The number of nitrogens with two attached hydrogens (primary N) is 1. The van der Waals surface area contributed by atoms with E-state index in [9.17, 15) is 9.59 Å². The maximum atomic E-state index is 11.0. The SMILES string of the molecule is CC(=O)OC/C=C/C(=O)O/C(C)=C/CN. The number of allylic oxidation sites excluding steroid dienone is 1. The number of carbonyl (C=O) groups excluding carboxylic acids is 2. The summed E-state index contributed by atoms with van der Waals surface area (Å²) < 4.78 is 9.39. The maximum absolute atomic E-state index is 11.0. The van der Waals surface area contributed by atoms with Crippen molar-refractivity contribution in [3.8, 4) is 0 Å². The van der Waals surface area contributed by atoms with E-state index in [0.717, 1.165) is 0 Å². The third kappa shape index (κ3) is 8.70. The summed E-state index contributed by atoms with van der Waals surface area (Å²) in [5.74, 6) is -0.476. The smallest absolute Gasteiger partial charge is 0.335 e. The Kier molecular flexibility index (Phi) is 6.92. The molecule has 15 heavy (non-hydrogen) atoms. The van der Waals surface area contributed by atoms with Crippen LogP contribution in [0.4, 0.5) is 0 Å². The molecule has 0 fully saturated rings. The Morgan fingerprint density at radius 2 is 2.00 bits per heavy atom. The molecule has 0 heterocycles. The molecular weight excluding hydrogens is 198 g/mol. The molecule has 0 spiro atoms. The molecule has 0 amide bonds. The van der Waals surface area contributed by atoms with E-state index in [1.807, 2.05) is 0 Å². The van der Waals surface area contributed by atoms with Crippen molar-refractivity contribution in [1.82, 2.24) is 0 Å². The normalized spacial score (nSPS) is 11.5. The Morgan fingerprint density at radius 1 is 1.33 bits per heavy atom. The van der Waals surface area contributed by atoms with Gasteiger partial charge in [0.1, 0.15) is 12.4 Å². The van der Waals surface area contributed by atoms with Gasteiger partial charge in [-0.15, -0.1) is 0 Å². The van der Waals surface area contributed by atoms with Crippen molar-refractivity contribution in [3.63, 3.8) is 0 Å². The summed E-state index contributed by atoms with van der Waals surface area (Å²) in [6, 6.07) is 0. The van der Waals surface area contributed by atoms with E-state index in [0.29, 0.717) is 12.3 Å². The van der Waals surface area contributed by atoms with Gasteiger partial charge in [-0.25, -0.2) is 4.79 Å². The molecule has 0 bridgehead atoms. The highest BCUT2D eigenvalue weighted by atomic mass is 16.5. The summed E-state index contributed by atoms with van der Waals surface area (Å²) in [7, 11) is 0.